The van der Waals surface area contributed by atoms with Crippen molar-refractivity contribution >= 4 is 11.3 Å². The van der Waals surface area contributed by atoms with Crippen LogP contribution in [0.5, 0.6) is 0 Å². The highest BCUT2D eigenvalue weighted by Crippen LogP contribution is 2.14. The molecule has 1 fully saturated rings. The Morgan fingerprint density at radius 2 is 2.20 bits per heavy atom. The minimum atomic E-state index is 1.04. The summed E-state index contributed by atoms with van der Waals surface area (Å²) in [7, 11) is 0. The van der Waals surface area contributed by atoms with Gasteiger partial charge in [0.2, 0.25) is 0 Å². The van der Waals surface area contributed by atoms with Crippen LogP contribution in [-0.2, 0) is 6.54 Å². The van der Waals surface area contributed by atoms with Crippen LogP contribution in [-0.4, -0.2) is 31.1 Å². The van der Waals surface area contributed by atoms with E-state index in [0.717, 1.165) is 13.1 Å². The van der Waals surface area contributed by atoms with Crippen molar-refractivity contribution in [3.8, 4) is 0 Å². The molecule has 2 nitrogen and oxygen atoms in total. The number of aryl methyl sites for hydroxylation is 1. The van der Waals surface area contributed by atoms with Gasteiger partial charge in [-0.3, -0.25) is 0 Å². The van der Waals surface area contributed by atoms with Crippen LogP contribution in [0.2, 0.25) is 0 Å². The Hall–Kier alpha value is -0.380. The molecule has 1 aromatic rings. The zero-order chi connectivity index (χ0) is 10.5. The summed E-state index contributed by atoms with van der Waals surface area (Å²) >= 11 is 1.86. The summed E-state index contributed by atoms with van der Waals surface area (Å²) in [5, 5.41) is 5.70. The van der Waals surface area contributed by atoms with Gasteiger partial charge < -0.3 is 10.2 Å². The smallest absolute Gasteiger partial charge is 0.0302 e. The number of nitrogens with one attached hydrogen (secondary N) is 1. The zero-order valence-electron chi connectivity index (χ0n) is 9.46. The highest BCUT2D eigenvalue weighted by molar-refractivity contribution is 7.10. The molecule has 1 aliphatic rings. The molecular formula is C12H20N2S. The van der Waals surface area contributed by atoms with E-state index in [1.807, 2.05) is 11.3 Å². The summed E-state index contributed by atoms with van der Waals surface area (Å²) < 4.78 is 0. The van der Waals surface area contributed by atoms with Gasteiger partial charge in [-0.15, -0.1) is 11.3 Å². The van der Waals surface area contributed by atoms with Gasteiger partial charge in [-0.05, 0) is 49.9 Å². The quantitative estimate of drug-likeness (QED) is 0.772. The van der Waals surface area contributed by atoms with E-state index in [9.17, 15) is 0 Å². The summed E-state index contributed by atoms with van der Waals surface area (Å²) in [5.74, 6) is 0. The molecule has 0 aliphatic carbocycles. The minimum absolute atomic E-state index is 1.04. The van der Waals surface area contributed by atoms with Crippen molar-refractivity contribution in [2.24, 2.45) is 0 Å². The third-order valence-corrected chi connectivity index (χ3v) is 4.08. The Balaban J connectivity index is 1.60. The van der Waals surface area contributed by atoms with E-state index in [1.165, 1.54) is 42.9 Å². The van der Waals surface area contributed by atoms with Crippen molar-refractivity contribution in [2.75, 3.05) is 26.2 Å². The van der Waals surface area contributed by atoms with Gasteiger partial charge in [0.15, 0.2) is 0 Å². The van der Waals surface area contributed by atoms with Gasteiger partial charge in [0.05, 0.1) is 0 Å². The van der Waals surface area contributed by atoms with Crippen LogP contribution in [0.3, 0.4) is 0 Å². The van der Waals surface area contributed by atoms with Gasteiger partial charge in [-0.2, -0.15) is 0 Å². The lowest BCUT2D eigenvalue weighted by Gasteiger charge is -2.14. The van der Waals surface area contributed by atoms with Crippen molar-refractivity contribution in [3.05, 3.63) is 21.9 Å². The number of thiophene rings is 1. The van der Waals surface area contributed by atoms with Gasteiger partial charge in [-0.25, -0.2) is 0 Å². The summed E-state index contributed by atoms with van der Waals surface area (Å²) in [5.41, 5.74) is 1.42. The SMILES string of the molecule is Cc1ccsc1CNCCN1CCCC1. The van der Waals surface area contributed by atoms with E-state index < -0.39 is 0 Å². The molecule has 0 bridgehead atoms. The molecule has 1 saturated heterocycles. The summed E-state index contributed by atoms with van der Waals surface area (Å²) in [6, 6.07) is 2.20. The third-order valence-electron chi connectivity index (χ3n) is 3.06. The van der Waals surface area contributed by atoms with E-state index in [0.29, 0.717) is 0 Å². The monoisotopic (exact) mass is 224 g/mol. The summed E-state index contributed by atoms with van der Waals surface area (Å²) in [4.78, 5) is 4.03. The van der Waals surface area contributed by atoms with Crippen LogP contribution in [0.25, 0.3) is 0 Å². The van der Waals surface area contributed by atoms with Crippen LogP contribution in [0.15, 0.2) is 11.4 Å². The van der Waals surface area contributed by atoms with E-state index >= 15 is 0 Å². The second-order valence-corrected chi connectivity index (χ2v) is 5.25. The molecule has 0 spiro atoms. The number of rotatable bonds is 5. The minimum Gasteiger partial charge on any atom is -0.311 e. The molecule has 2 heterocycles. The standard InChI is InChI=1S/C12H20N2S/c1-11-4-9-15-12(11)10-13-5-8-14-6-2-3-7-14/h4,9,13H,2-3,5-8,10H2,1H3. The van der Waals surface area contributed by atoms with Crippen molar-refractivity contribution in [2.45, 2.75) is 26.3 Å². The Labute approximate surface area is 96.3 Å². The molecular weight excluding hydrogens is 204 g/mol. The lowest BCUT2D eigenvalue weighted by Crippen LogP contribution is -2.29. The Bertz CT molecular complexity index is 290. The average Bonchev–Trinajstić information content (AvgIpc) is 2.85. The molecule has 0 atom stereocenters. The van der Waals surface area contributed by atoms with Crippen molar-refractivity contribution < 1.29 is 0 Å². The van der Waals surface area contributed by atoms with E-state index in [2.05, 4.69) is 28.6 Å². The second kappa shape index (κ2) is 5.64. The molecule has 0 radical (unpaired) electrons. The zero-order valence-corrected chi connectivity index (χ0v) is 10.3. The lowest BCUT2D eigenvalue weighted by atomic mass is 10.3. The van der Waals surface area contributed by atoms with Crippen LogP contribution in [0.1, 0.15) is 23.3 Å². The lowest BCUT2D eigenvalue weighted by molar-refractivity contribution is 0.336. The molecule has 1 aromatic heterocycles. The van der Waals surface area contributed by atoms with E-state index in [-0.39, 0.29) is 0 Å². The van der Waals surface area contributed by atoms with Crippen molar-refractivity contribution in [3.63, 3.8) is 0 Å². The van der Waals surface area contributed by atoms with Gasteiger partial charge in [-0.1, -0.05) is 0 Å². The second-order valence-electron chi connectivity index (χ2n) is 4.25. The molecule has 0 aromatic carbocycles. The largest absolute Gasteiger partial charge is 0.311 e. The Morgan fingerprint density at radius 3 is 2.87 bits per heavy atom. The first kappa shape index (κ1) is 11.1. The molecule has 84 valence electrons. The van der Waals surface area contributed by atoms with Crippen LogP contribution in [0.4, 0.5) is 0 Å². The fourth-order valence-corrected chi connectivity index (χ4v) is 2.91. The van der Waals surface area contributed by atoms with E-state index in [1.54, 1.807) is 0 Å². The Morgan fingerprint density at radius 1 is 1.40 bits per heavy atom. The first-order chi connectivity index (χ1) is 7.36. The van der Waals surface area contributed by atoms with E-state index in [4.69, 9.17) is 0 Å². The molecule has 1 aliphatic heterocycles. The highest BCUT2D eigenvalue weighted by atomic mass is 32.1. The number of nitrogens with zero attached hydrogens (tertiary/aromatic N) is 1. The normalized spacial score (nSPS) is 17.4. The maximum Gasteiger partial charge on any atom is 0.0302 e. The van der Waals surface area contributed by atoms with Crippen molar-refractivity contribution in [1.29, 1.82) is 0 Å². The maximum atomic E-state index is 3.52. The highest BCUT2D eigenvalue weighted by Gasteiger charge is 2.10. The van der Waals surface area contributed by atoms with Crippen LogP contribution in [0, 0.1) is 6.92 Å². The summed E-state index contributed by atoms with van der Waals surface area (Å²) in [6.07, 6.45) is 2.79. The molecule has 1 N–H and O–H groups in total. The first-order valence-corrected chi connectivity index (χ1v) is 6.70. The average molecular weight is 224 g/mol. The third kappa shape index (κ3) is 3.30. The molecule has 0 unspecified atom stereocenters. The van der Waals surface area contributed by atoms with Crippen molar-refractivity contribution in [1.82, 2.24) is 10.2 Å². The maximum absolute atomic E-state index is 3.52. The molecule has 2 rings (SSSR count). The van der Waals surface area contributed by atoms with Gasteiger partial charge in [0, 0.05) is 24.5 Å². The van der Waals surface area contributed by atoms with Gasteiger partial charge in [0.1, 0.15) is 0 Å². The number of hydrogen-bond donors (Lipinski definition) is 1. The predicted molar refractivity (Wildman–Crippen MR) is 66.4 cm³/mol. The fraction of sp³-hybridized carbons (Fsp3) is 0.667. The molecule has 0 saturated carbocycles. The fourth-order valence-electron chi connectivity index (χ4n) is 2.03. The van der Waals surface area contributed by atoms with Crippen LogP contribution >= 0.6 is 11.3 Å². The van der Waals surface area contributed by atoms with Crippen LogP contribution < -0.4 is 5.32 Å². The van der Waals surface area contributed by atoms with Gasteiger partial charge in [0.25, 0.3) is 0 Å². The molecule has 0 amide bonds. The molecule has 3 heteroatoms. The number of hydrogen-bond acceptors (Lipinski definition) is 3. The Kier molecular flexibility index (Phi) is 4.18. The molecule has 15 heavy (non-hydrogen) atoms. The van der Waals surface area contributed by atoms with Gasteiger partial charge >= 0.3 is 0 Å². The topological polar surface area (TPSA) is 15.3 Å². The summed E-state index contributed by atoms with van der Waals surface area (Å²) in [6.45, 7) is 8.17. The predicted octanol–water partition coefficient (Wildman–Crippen LogP) is 2.24. The number of likely N-dealkylation sites (tertiary alicyclic amines) is 1. The first-order valence-electron chi connectivity index (χ1n) is 5.82.